The number of carbonyl (C=O) groups is 1. The van der Waals surface area contributed by atoms with E-state index in [4.69, 9.17) is 0 Å². The van der Waals surface area contributed by atoms with Crippen LogP contribution < -0.4 is 0 Å². The van der Waals surface area contributed by atoms with Crippen LogP contribution in [-0.4, -0.2) is 36.9 Å². The Kier molecular flexibility index (Phi) is 2.99. The first-order valence-corrected chi connectivity index (χ1v) is 4.78. The van der Waals surface area contributed by atoms with Crippen molar-refractivity contribution in [3.8, 4) is 0 Å². The average Bonchev–Trinajstić information content (AvgIpc) is 2.12. The zero-order valence-corrected chi connectivity index (χ0v) is 9.53. The molecule has 1 heterocycles. The molecule has 3 nitrogen and oxygen atoms in total. The molecule has 0 saturated carbocycles. The lowest BCUT2D eigenvalue weighted by Crippen LogP contribution is -2.30. The summed E-state index contributed by atoms with van der Waals surface area (Å²) in [4.78, 5) is 15.5. The van der Waals surface area contributed by atoms with Gasteiger partial charge in [-0.15, -0.1) is 0 Å². The number of hydrogen-bond donors (Lipinski definition) is 0. The molecule has 0 aliphatic carbocycles. The monoisotopic (exact) mass is 194 g/mol. The van der Waals surface area contributed by atoms with E-state index in [-0.39, 0.29) is 11.8 Å². The summed E-state index contributed by atoms with van der Waals surface area (Å²) < 4.78 is 0. The number of likely N-dealkylation sites (N-methyl/N-ethyl adjacent to an activating group) is 1. The lowest BCUT2D eigenvalue weighted by molar-refractivity contribution is -0.125. The van der Waals surface area contributed by atoms with Crippen LogP contribution in [0.3, 0.4) is 0 Å². The summed E-state index contributed by atoms with van der Waals surface area (Å²) in [5.41, 5.74) is 1.93. The van der Waals surface area contributed by atoms with E-state index >= 15 is 0 Å². The number of allylic oxidation sites excluding steroid dienone is 2. The van der Waals surface area contributed by atoms with Crippen molar-refractivity contribution in [1.82, 2.24) is 9.80 Å². The normalized spacial score (nSPS) is 21.5. The van der Waals surface area contributed by atoms with Gasteiger partial charge in [0.25, 0.3) is 5.91 Å². The first-order valence-electron chi connectivity index (χ1n) is 4.78. The van der Waals surface area contributed by atoms with E-state index in [9.17, 15) is 4.79 Å². The van der Waals surface area contributed by atoms with Gasteiger partial charge < -0.3 is 9.80 Å². The van der Waals surface area contributed by atoms with Crippen molar-refractivity contribution in [1.29, 1.82) is 0 Å². The highest BCUT2D eigenvalue weighted by molar-refractivity contribution is 5.94. The Morgan fingerprint density at radius 2 is 2.07 bits per heavy atom. The molecule has 0 bridgehead atoms. The van der Waals surface area contributed by atoms with Gasteiger partial charge in [0.1, 0.15) is 0 Å². The molecular weight excluding hydrogens is 176 g/mol. The fraction of sp³-hybridized carbons (Fsp3) is 0.545. The van der Waals surface area contributed by atoms with Crippen LogP contribution in [0.1, 0.15) is 13.8 Å². The van der Waals surface area contributed by atoms with E-state index in [1.165, 1.54) is 0 Å². The standard InChI is InChI=1S/C11H18N2O/c1-8-6-7-13(5)9(2)10(8)11(14)12(3)4/h6-8H,1-5H3/t8-/m1/s1. The second kappa shape index (κ2) is 3.86. The van der Waals surface area contributed by atoms with Crippen LogP contribution in [0.2, 0.25) is 0 Å². The third kappa shape index (κ3) is 1.81. The Labute approximate surface area is 85.7 Å². The second-order valence-electron chi connectivity index (χ2n) is 3.94. The van der Waals surface area contributed by atoms with Gasteiger partial charge in [0.2, 0.25) is 0 Å². The summed E-state index contributed by atoms with van der Waals surface area (Å²) in [7, 11) is 5.53. The summed E-state index contributed by atoms with van der Waals surface area (Å²) in [5.74, 6) is 0.312. The topological polar surface area (TPSA) is 23.6 Å². The molecule has 14 heavy (non-hydrogen) atoms. The molecular formula is C11H18N2O. The molecule has 1 amide bonds. The number of amides is 1. The van der Waals surface area contributed by atoms with Crippen molar-refractivity contribution in [3.63, 3.8) is 0 Å². The quantitative estimate of drug-likeness (QED) is 0.630. The Morgan fingerprint density at radius 3 is 2.57 bits per heavy atom. The van der Waals surface area contributed by atoms with Crippen LogP contribution in [0.4, 0.5) is 0 Å². The van der Waals surface area contributed by atoms with Crippen LogP contribution in [0, 0.1) is 5.92 Å². The largest absolute Gasteiger partial charge is 0.355 e. The van der Waals surface area contributed by atoms with Gasteiger partial charge in [-0.05, 0) is 13.1 Å². The SMILES string of the molecule is CC1=C(C(=O)N(C)C)[C@H](C)C=CN1C. The highest BCUT2D eigenvalue weighted by atomic mass is 16.2. The van der Waals surface area contributed by atoms with E-state index in [1.807, 2.05) is 38.1 Å². The molecule has 0 spiro atoms. The van der Waals surface area contributed by atoms with Gasteiger partial charge in [-0.2, -0.15) is 0 Å². The van der Waals surface area contributed by atoms with Crippen LogP contribution in [-0.2, 0) is 4.79 Å². The molecule has 0 fully saturated rings. The Morgan fingerprint density at radius 1 is 1.50 bits per heavy atom. The van der Waals surface area contributed by atoms with Crippen LogP contribution in [0.15, 0.2) is 23.5 Å². The van der Waals surface area contributed by atoms with E-state index in [1.54, 1.807) is 19.0 Å². The molecule has 0 saturated heterocycles. The third-order valence-corrected chi connectivity index (χ3v) is 2.61. The van der Waals surface area contributed by atoms with E-state index < -0.39 is 0 Å². The van der Waals surface area contributed by atoms with Gasteiger partial charge in [0.05, 0.1) is 0 Å². The van der Waals surface area contributed by atoms with Crippen molar-refractivity contribution in [2.24, 2.45) is 5.92 Å². The number of carbonyl (C=O) groups excluding carboxylic acids is 1. The fourth-order valence-corrected chi connectivity index (χ4v) is 1.58. The molecule has 0 aromatic heterocycles. The number of hydrogen-bond acceptors (Lipinski definition) is 2. The Bertz CT molecular complexity index is 302. The summed E-state index contributed by atoms with van der Waals surface area (Å²) in [5, 5.41) is 0. The van der Waals surface area contributed by atoms with Gasteiger partial charge in [-0.1, -0.05) is 13.0 Å². The maximum absolute atomic E-state index is 11.9. The highest BCUT2D eigenvalue weighted by Gasteiger charge is 2.23. The average molecular weight is 194 g/mol. The Hall–Kier alpha value is -1.25. The first kappa shape index (κ1) is 10.8. The Balaban J connectivity index is 3.05. The molecule has 1 aliphatic rings. The summed E-state index contributed by atoms with van der Waals surface area (Å²) in [6.45, 7) is 4.03. The van der Waals surface area contributed by atoms with E-state index in [2.05, 4.69) is 0 Å². The molecule has 0 radical (unpaired) electrons. The lowest BCUT2D eigenvalue weighted by atomic mass is 9.95. The minimum atomic E-state index is 0.103. The van der Waals surface area contributed by atoms with Gasteiger partial charge in [-0.25, -0.2) is 0 Å². The van der Waals surface area contributed by atoms with Crippen molar-refractivity contribution in [3.05, 3.63) is 23.5 Å². The van der Waals surface area contributed by atoms with Crippen molar-refractivity contribution >= 4 is 5.91 Å². The molecule has 0 aromatic carbocycles. The highest BCUT2D eigenvalue weighted by Crippen LogP contribution is 2.24. The van der Waals surface area contributed by atoms with Crippen molar-refractivity contribution < 1.29 is 4.79 Å². The molecule has 1 rings (SSSR count). The molecule has 0 aromatic rings. The lowest BCUT2D eigenvalue weighted by Gasteiger charge is -2.28. The predicted octanol–water partition coefficient (Wildman–Crippen LogP) is 1.44. The zero-order chi connectivity index (χ0) is 10.9. The van der Waals surface area contributed by atoms with E-state index in [0.29, 0.717) is 0 Å². The van der Waals surface area contributed by atoms with Crippen LogP contribution in [0.25, 0.3) is 0 Å². The molecule has 0 N–H and O–H groups in total. The number of nitrogens with zero attached hydrogens (tertiary/aromatic N) is 2. The molecule has 3 heteroatoms. The van der Waals surface area contributed by atoms with Crippen LogP contribution >= 0.6 is 0 Å². The third-order valence-electron chi connectivity index (χ3n) is 2.61. The van der Waals surface area contributed by atoms with E-state index in [0.717, 1.165) is 11.3 Å². The number of rotatable bonds is 1. The first-order chi connectivity index (χ1) is 6.45. The minimum Gasteiger partial charge on any atom is -0.355 e. The second-order valence-corrected chi connectivity index (χ2v) is 3.94. The van der Waals surface area contributed by atoms with Gasteiger partial charge >= 0.3 is 0 Å². The predicted molar refractivity (Wildman–Crippen MR) is 57.5 cm³/mol. The van der Waals surface area contributed by atoms with Crippen LogP contribution in [0.5, 0.6) is 0 Å². The van der Waals surface area contributed by atoms with Crippen molar-refractivity contribution in [2.45, 2.75) is 13.8 Å². The summed E-state index contributed by atoms with van der Waals surface area (Å²) in [6.07, 6.45) is 4.05. The smallest absolute Gasteiger partial charge is 0.251 e. The molecule has 0 unspecified atom stereocenters. The zero-order valence-electron chi connectivity index (χ0n) is 9.53. The maximum Gasteiger partial charge on any atom is 0.251 e. The van der Waals surface area contributed by atoms with Gasteiger partial charge in [0, 0.05) is 38.3 Å². The summed E-state index contributed by atoms with van der Waals surface area (Å²) in [6, 6.07) is 0. The maximum atomic E-state index is 11.9. The molecule has 78 valence electrons. The molecule has 1 atom stereocenters. The fourth-order valence-electron chi connectivity index (χ4n) is 1.58. The van der Waals surface area contributed by atoms with Gasteiger partial charge in [-0.3, -0.25) is 4.79 Å². The summed E-state index contributed by atoms with van der Waals surface area (Å²) >= 11 is 0. The minimum absolute atomic E-state index is 0.103. The van der Waals surface area contributed by atoms with Crippen molar-refractivity contribution in [2.75, 3.05) is 21.1 Å². The van der Waals surface area contributed by atoms with Gasteiger partial charge in [0.15, 0.2) is 0 Å². The molecule has 1 aliphatic heterocycles.